The number of Topliss-reactive ketones (excluding diaryl/α,β-unsaturated/α-hetero) is 1. The zero-order chi connectivity index (χ0) is 19.4. The lowest BCUT2D eigenvalue weighted by Gasteiger charge is -2.25. The van der Waals surface area contributed by atoms with Gasteiger partial charge < -0.3 is 10.6 Å². The second-order valence-electron chi connectivity index (χ2n) is 7.02. The first-order chi connectivity index (χ1) is 12.8. The van der Waals surface area contributed by atoms with Gasteiger partial charge in [0.1, 0.15) is 11.6 Å². The van der Waals surface area contributed by atoms with Crippen LogP contribution in [0.2, 0.25) is 0 Å². The van der Waals surface area contributed by atoms with Gasteiger partial charge in [0.25, 0.3) is 0 Å². The van der Waals surface area contributed by atoms with E-state index in [1.54, 1.807) is 0 Å². The summed E-state index contributed by atoms with van der Waals surface area (Å²) < 4.78 is 40.5. The molecular formula is C18H24FN3O4S. The Morgan fingerprint density at radius 2 is 1.89 bits per heavy atom. The summed E-state index contributed by atoms with van der Waals surface area (Å²) in [5.41, 5.74) is 0.397. The molecule has 2 aliphatic rings. The van der Waals surface area contributed by atoms with E-state index >= 15 is 0 Å². The Balaban J connectivity index is 1.69. The minimum Gasteiger partial charge on any atom is -0.323 e. The van der Waals surface area contributed by atoms with E-state index in [4.69, 9.17) is 0 Å². The molecule has 1 aromatic carbocycles. The standard InChI is InChI=1S/C18H24FN3O4S/c19-16-2-1-13(12-27(25,26)22-9-5-15(23)6-10-22)11-17(16)21-18(24)14-3-7-20-8-4-14/h1-2,11,14,20H,3-10,12H2,(H,21,24). The Bertz CT molecular complexity index is 812. The van der Waals surface area contributed by atoms with Gasteiger partial charge in [0.2, 0.25) is 15.9 Å². The highest BCUT2D eigenvalue weighted by molar-refractivity contribution is 7.88. The highest BCUT2D eigenvalue weighted by atomic mass is 32.2. The van der Waals surface area contributed by atoms with E-state index < -0.39 is 15.8 Å². The number of ketones is 1. The molecule has 0 aliphatic carbocycles. The smallest absolute Gasteiger partial charge is 0.227 e. The van der Waals surface area contributed by atoms with Crippen LogP contribution in [0.15, 0.2) is 18.2 Å². The number of nitrogens with one attached hydrogen (secondary N) is 2. The van der Waals surface area contributed by atoms with Gasteiger partial charge in [0.05, 0.1) is 11.4 Å². The molecule has 0 radical (unpaired) electrons. The van der Waals surface area contributed by atoms with E-state index in [9.17, 15) is 22.4 Å². The normalized spacial score (nSPS) is 19.8. The third kappa shape index (κ3) is 5.12. The number of nitrogens with zero attached hydrogens (tertiary/aromatic N) is 1. The van der Waals surface area contributed by atoms with Crippen molar-refractivity contribution in [3.8, 4) is 0 Å². The fraction of sp³-hybridized carbons (Fsp3) is 0.556. The van der Waals surface area contributed by atoms with Crippen molar-refractivity contribution >= 4 is 27.4 Å². The number of hydrogen-bond donors (Lipinski definition) is 2. The Kier molecular flexibility index (Phi) is 6.23. The molecule has 2 aliphatic heterocycles. The maximum atomic E-state index is 14.1. The van der Waals surface area contributed by atoms with E-state index in [2.05, 4.69) is 10.6 Å². The van der Waals surface area contributed by atoms with Crippen molar-refractivity contribution in [2.24, 2.45) is 5.92 Å². The van der Waals surface area contributed by atoms with Crippen LogP contribution in [0.4, 0.5) is 10.1 Å². The monoisotopic (exact) mass is 397 g/mol. The van der Waals surface area contributed by atoms with E-state index in [-0.39, 0.29) is 55.0 Å². The summed E-state index contributed by atoms with van der Waals surface area (Å²) in [5.74, 6) is -1.25. The van der Waals surface area contributed by atoms with E-state index in [1.165, 1.54) is 22.5 Å². The average Bonchev–Trinajstić information content (AvgIpc) is 2.65. The number of anilines is 1. The fourth-order valence-electron chi connectivity index (χ4n) is 3.39. The fourth-order valence-corrected chi connectivity index (χ4v) is 4.91. The van der Waals surface area contributed by atoms with Crippen LogP contribution in [0, 0.1) is 11.7 Å². The Labute approximate surface area is 158 Å². The lowest BCUT2D eigenvalue weighted by Crippen LogP contribution is -2.39. The predicted molar refractivity (Wildman–Crippen MR) is 99.1 cm³/mol. The van der Waals surface area contributed by atoms with Crippen LogP contribution in [0.25, 0.3) is 0 Å². The summed E-state index contributed by atoms with van der Waals surface area (Å²) in [6, 6.07) is 3.95. The van der Waals surface area contributed by atoms with Gasteiger partial charge in [0.15, 0.2) is 0 Å². The number of benzene rings is 1. The quantitative estimate of drug-likeness (QED) is 0.780. The SMILES string of the molecule is O=C1CCN(S(=O)(=O)Cc2ccc(F)c(NC(=O)C3CCNCC3)c2)CC1. The lowest BCUT2D eigenvalue weighted by molar-refractivity contribution is -0.121. The van der Waals surface area contributed by atoms with Crippen LogP contribution in [-0.2, 0) is 25.4 Å². The maximum Gasteiger partial charge on any atom is 0.227 e. The third-order valence-electron chi connectivity index (χ3n) is 5.02. The van der Waals surface area contributed by atoms with Gasteiger partial charge in [-0.3, -0.25) is 9.59 Å². The molecule has 0 aromatic heterocycles. The Morgan fingerprint density at radius 1 is 1.22 bits per heavy atom. The van der Waals surface area contributed by atoms with Crippen LogP contribution < -0.4 is 10.6 Å². The van der Waals surface area contributed by atoms with Gasteiger partial charge >= 0.3 is 0 Å². The van der Waals surface area contributed by atoms with Crippen LogP contribution >= 0.6 is 0 Å². The van der Waals surface area contributed by atoms with Crippen LogP contribution in [0.5, 0.6) is 0 Å². The first kappa shape index (κ1) is 19.9. The summed E-state index contributed by atoms with van der Waals surface area (Å²) in [6.45, 7) is 1.86. The van der Waals surface area contributed by atoms with Gasteiger partial charge in [-0.15, -0.1) is 0 Å². The molecule has 2 heterocycles. The van der Waals surface area contributed by atoms with Gasteiger partial charge in [-0.1, -0.05) is 6.07 Å². The summed E-state index contributed by atoms with van der Waals surface area (Å²) in [7, 11) is -3.60. The number of hydrogen-bond acceptors (Lipinski definition) is 5. The molecule has 9 heteroatoms. The van der Waals surface area contributed by atoms with Gasteiger partial charge in [-0.25, -0.2) is 17.1 Å². The molecule has 0 bridgehead atoms. The zero-order valence-corrected chi connectivity index (χ0v) is 15.9. The molecule has 1 aromatic rings. The molecule has 0 unspecified atom stereocenters. The van der Waals surface area contributed by atoms with Crippen molar-refractivity contribution in [1.29, 1.82) is 0 Å². The second-order valence-corrected chi connectivity index (χ2v) is 8.99. The third-order valence-corrected chi connectivity index (χ3v) is 6.87. The summed E-state index contributed by atoms with van der Waals surface area (Å²) in [4.78, 5) is 23.6. The molecule has 0 spiro atoms. The first-order valence-corrected chi connectivity index (χ1v) is 10.8. The molecule has 0 atom stereocenters. The van der Waals surface area contributed by atoms with Gasteiger partial charge in [0, 0.05) is 31.8 Å². The van der Waals surface area contributed by atoms with Crippen molar-refractivity contribution < 1.29 is 22.4 Å². The van der Waals surface area contributed by atoms with Gasteiger partial charge in [-0.05, 0) is 43.6 Å². The minimum atomic E-state index is -3.60. The number of amides is 1. The van der Waals surface area contributed by atoms with Gasteiger partial charge in [-0.2, -0.15) is 0 Å². The number of piperidine rings is 2. The lowest BCUT2D eigenvalue weighted by atomic mass is 9.97. The molecule has 7 nitrogen and oxygen atoms in total. The van der Waals surface area contributed by atoms with Crippen LogP contribution in [0.1, 0.15) is 31.2 Å². The molecule has 27 heavy (non-hydrogen) atoms. The topological polar surface area (TPSA) is 95.6 Å². The number of carbonyl (C=O) groups is 2. The number of sulfonamides is 1. The highest BCUT2D eigenvalue weighted by Gasteiger charge is 2.27. The molecule has 2 N–H and O–H groups in total. The number of carbonyl (C=O) groups excluding carboxylic acids is 2. The maximum absolute atomic E-state index is 14.1. The van der Waals surface area contributed by atoms with Crippen molar-refractivity contribution in [3.63, 3.8) is 0 Å². The molecule has 3 rings (SSSR count). The van der Waals surface area contributed by atoms with Crippen molar-refractivity contribution in [2.45, 2.75) is 31.4 Å². The highest BCUT2D eigenvalue weighted by Crippen LogP contribution is 2.22. The van der Waals surface area contributed by atoms with Crippen LogP contribution in [-0.4, -0.2) is 50.6 Å². The second kappa shape index (κ2) is 8.45. The molecule has 148 valence electrons. The molecular weight excluding hydrogens is 373 g/mol. The predicted octanol–water partition coefficient (Wildman–Crippen LogP) is 1.26. The molecule has 2 saturated heterocycles. The van der Waals surface area contributed by atoms with Crippen molar-refractivity contribution in [2.75, 3.05) is 31.5 Å². The Morgan fingerprint density at radius 3 is 2.56 bits per heavy atom. The van der Waals surface area contributed by atoms with E-state index in [1.807, 2.05) is 0 Å². The van der Waals surface area contributed by atoms with E-state index in [0.29, 0.717) is 18.4 Å². The van der Waals surface area contributed by atoms with Crippen LogP contribution in [0.3, 0.4) is 0 Å². The molecule has 2 fully saturated rings. The number of halogens is 1. The largest absolute Gasteiger partial charge is 0.323 e. The molecule has 0 saturated carbocycles. The summed E-state index contributed by atoms with van der Waals surface area (Å²) in [5, 5.41) is 5.76. The minimum absolute atomic E-state index is 0.0000505. The zero-order valence-electron chi connectivity index (χ0n) is 15.0. The number of rotatable bonds is 5. The Hall–Kier alpha value is -1.84. The van der Waals surface area contributed by atoms with Crippen molar-refractivity contribution in [1.82, 2.24) is 9.62 Å². The summed E-state index contributed by atoms with van der Waals surface area (Å²) >= 11 is 0. The first-order valence-electron chi connectivity index (χ1n) is 9.15. The molecule has 1 amide bonds. The van der Waals surface area contributed by atoms with E-state index in [0.717, 1.165) is 13.1 Å². The van der Waals surface area contributed by atoms with Crippen molar-refractivity contribution in [3.05, 3.63) is 29.6 Å². The average molecular weight is 397 g/mol. The summed E-state index contributed by atoms with van der Waals surface area (Å²) in [6.07, 6.45) is 1.82.